The summed E-state index contributed by atoms with van der Waals surface area (Å²) >= 11 is 3.47. The van der Waals surface area contributed by atoms with Crippen molar-refractivity contribution in [2.24, 2.45) is 0 Å². The lowest BCUT2D eigenvalue weighted by Crippen LogP contribution is -2.42. The molecule has 0 saturated carbocycles. The third kappa shape index (κ3) is 5.22. The van der Waals surface area contributed by atoms with Crippen LogP contribution in [-0.4, -0.2) is 35.4 Å². The molecule has 6 heteroatoms. The number of benzene rings is 2. The first kappa shape index (κ1) is 22.3. The van der Waals surface area contributed by atoms with Gasteiger partial charge in [0.15, 0.2) is 6.10 Å². The van der Waals surface area contributed by atoms with Gasteiger partial charge in [-0.3, -0.25) is 9.59 Å². The van der Waals surface area contributed by atoms with Crippen molar-refractivity contribution in [2.75, 3.05) is 11.9 Å². The van der Waals surface area contributed by atoms with Crippen molar-refractivity contribution >= 4 is 33.4 Å². The highest BCUT2D eigenvalue weighted by atomic mass is 79.9. The lowest BCUT2D eigenvalue weighted by Gasteiger charge is -2.33. The van der Waals surface area contributed by atoms with Gasteiger partial charge < -0.3 is 15.0 Å². The van der Waals surface area contributed by atoms with Crippen molar-refractivity contribution in [3.8, 4) is 5.75 Å². The predicted octanol–water partition coefficient (Wildman–Crippen LogP) is 5.49. The lowest BCUT2D eigenvalue weighted by atomic mass is 10.0. The molecule has 1 N–H and O–H groups in total. The first-order valence-electron chi connectivity index (χ1n) is 10.4. The van der Waals surface area contributed by atoms with Gasteiger partial charge in [-0.15, -0.1) is 0 Å². The van der Waals surface area contributed by atoms with Crippen LogP contribution in [0.5, 0.6) is 5.75 Å². The number of hydrogen-bond donors (Lipinski definition) is 1. The number of rotatable bonds is 5. The summed E-state index contributed by atoms with van der Waals surface area (Å²) in [5.41, 5.74) is 3.30. The lowest BCUT2D eigenvalue weighted by molar-refractivity contribution is -0.122. The third-order valence-corrected chi connectivity index (χ3v) is 6.18. The van der Waals surface area contributed by atoms with E-state index in [-0.39, 0.29) is 17.9 Å². The van der Waals surface area contributed by atoms with Gasteiger partial charge in [-0.25, -0.2) is 0 Å². The van der Waals surface area contributed by atoms with E-state index in [0.717, 1.165) is 35.0 Å². The highest BCUT2D eigenvalue weighted by Gasteiger charge is 2.25. The Morgan fingerprint density at radius 1 is 1.17 bits per heavy atom. The fourth-order valence-electron chi connectivity index (χ4n) is 3.68. The summed E-state index contributed by atoms with van der Waals surface area (Å²) in [6.45, 7) is 8.52. The van der Waals surface area contributed by atoms with Crippen LogP contribution in [0.1, 0.15) is 54.6 Å². The van der Waals surface area contributed by atoms with Gasteiger partial charge in [0.1, 0.15) is 5.75 Å². The van der Waals surface area contributed by atoms with E-state index in [1.54, 1.807) is 19.1 Å². The van der Waals surface area contributed by atoms with Crippen molar-refractivity contribution in [1.82, 2.24) is 4.90 Å². The van der Waals surface area contributed by atoms with Crippen LogP contribution in [0.25, 0.3) is 0 Å². The highest BCUT2D eigenvalue weighted by Crippen LogP contribution is 2.27. The van der Waals surface area contributed by atoms with Gasteiger partial charge in [-0.1, -0.05) is 6.07 Å². The zero-order valence-corrected chi connectivity index (χ0v) is 19.6. The molecule has 30 heavy (non-hydrogen) atoms. The molecule has 5 nitrogen and oxygen atoms in total. The van der Waals surface area contributed by atoms with E-state index < -0.39 is 6.10 Å². The largest absolute Gasteiger partial charge is 0.480 e. The molecule has 0 spiro atoms. The Labute approximate surface area is 186 Å². The second-order valence-corrected chi connectivity index (χ2v) is 8.91. The van der Waals surface area contributed by atoms with Gasteiger partial charge in [0.2, 0.25) is 0 Å². The molecule has 1 fully saturated rings. The molecule has 1 aliphatic heterocycles. The van der Waals surface area contributed by atoms with Crippen molar-refractivity contribution in [3.63, 3.8) is 0 Å². The molecular weight excluding hydrogens is 444 g/mol. The Morgan fingerprint density at radius 3 is 2.60 bits per heavy atom. The van der Waals surface area contributed by atoms with Gasteiger partial charge in [0, 0.05) is 23.8 Å². The van der Waals surface area contributed by atoms with Crippen molar-refractivity contribution in [1.29, 1.82) is 0 Å². The van der Waals surface area contributed by atoms with E-state index in [0.29, 0.717) is 17.0 Å². The number of ether oxygens (including phenoxy) is 1. The zero-order chi connectivity index (χ0) is 21.8. The maximum Gasteiger partial charge on any atom is 0.265 e. The summed E-state index contributed by atoms with van der Waals surface area (Å²) in [5.74, 6) is 0.440. The van der Waals surface area contributed by atoms with Crippen LogP contribution in [0.2, 0.25) is 0 Å². The molecule has 160 valence electrons. The molecule has 2 aromatic carbocycles. The third-order valence-electron chi connectivity index (χ3n) is 5.56. The molecule has 0 aromatic heterocycles. The summed E-state index contributed by atoms with van der Waals surface area (Å²) in [7, 11) is 0. The molecule has 1 aliphatic rings. The average Bonchev–Trinajstić information content (AvgIpc) is 2.71. The quantitative estimate of drug-likeness (QED) is 0.625. The average molecular weight is 473 g/mol. The summed E-state index contributed by atoms with van der Waals surface area (Å²) in [6, 6.07) is 11.4. The summed E-state index contributed by atoms with van der Waals surface area (Å²) in [4.78, 5) is 27.5. The molecule has 1 saturated heterocycles. The van der Waals surface area contributed by atoms with Crippen LogP contribution in [0, 0.1) is 13.8 Å². The van der Waals surface area contributed by atoms with Gasteiger partial charge in [-0.05, 0) is 104 Å². The molecule has 2 amide bonds. The minimum atomic E-state index is -0.668. The van der Waals surface area contributed by atoms with Crippen LogP contribution in [0.15, 0.2) is 40.9 Å². The second-order valence-electron chi connectivity index (χ2n) is 8.06. The van der Waals surface area contributed by atoms with E-state index in [9.17, 15) is 9.59 Å². The highest BCUT2D eigenvalue weighted by molar-refractivity contribution is 9.10. The Kier molecular flexibility index (Phi) is 7.19. The van der Waals surface area contributed by atoms with Crippen molar-refractivity contribution in [3.05, 3.63) is 57.6 Å². The van der Waals surface area contributed by atoms with E-state index >= 15 is 0 Å². The van der Waals surface area contributed by atoms with Crippen LogP contribution in [-0.2, 0) is 4.79 Å². The normalized spacial score (nSPS) is 17.4. The van der Waals surface area contributed by atoms with E-state index in [4.69, 9.17) is 4.74 Å². The molecule has 2 atom stereocenters. The fourth-order valence-corrected chi connectivity index (χ4v) is 4.27. The van der Waals surface area contributed by atoms with Gasteiger partial charge in [0.25, 0.3) is 11.8 Å². The Hall–Kier alpha value is -2.34. The molecule has 2 unspecified atom stereocenters. The minimum Gasteiger partial charge on any atom is -0.480 e. The Morgan fingerprint density at radius 2 is 1.93 bits per heavy atom. The molecule has 0 bridgehead atoms. The number of anilines is 1. The smallest absolute Gasteiger partial charge is 0.265 e. The maximum absolute atomic E-state index is 12.9. The number of likely N-dealkylation sites (tertiary alicyclic amines) is 1. The number of carbonyl (C=O) groups is 2. The SMILES string of the molecule is Cc1ccc(OC(C)C(=O)Nc2ccc(C(=O)N3CCCCC3C)cc2C)c(Br)c1. The maximum atomic E-state index is 12.9. The van der Waals surface area contributed by atoms with E-state index in [2.05, 4.69) is 28.2 Å². The fraction of sp³-hybridized carbons (Fsp3) is 0.417. The number of nitrogens with one attached hydrogen (secondary N) is 1. The number of halogens is 1. The van der Waals surface area contributed by atoms with Crippen molar-refractivity contribution in [2.45, 2.75) is 59.1 Å². The van der Waals surface area contributed by atoms with Crippen LogP contribution >= 0.6 is 15.9 Å². The first-order chi connectivity index (χ1) is 14.3. The minimum absolute atomic E-state index is 0.0594. The molecule has 0 radical (unpaired) electrons. The van der Waals surface area contributed by atoms with Crippen LogP contribution in [0.4, 0.5) is 5.69 Å². The number of piperidine rings is 1. The Balaban J connectivity index is 1.66. The Bertz CT molecular complexity index is 944. The second kappa shape index (κ2) is 9.65. The van der Waals surface area contributed by atoms with Gasteiger partial charge in [0.05, 0.1) is 4.47 Å². The summed E-state index contributed by atoms with van der Waals surface area (Å²) in [6.07, 6.45) is 2.61. The summed E-state index contributed by atoms with van der Waals surface area (Å²) < 4.78 is 6.62. The molecular formula is C24H29BrN2O3. The number of nitrogens with zero attached hydrogens (tertiary/aromatic N) is 1. The summed E-state index contributed by atoms with van der Waals surface area (Å²) in [5, 5.41) is 2.91. The standard InChI is InChI=1S/C24H29BrN2O3/c1-15-8-11-22(20(25)13-15)30-18(4)23(28)26-21-10-9-19(14-16(21)2)24(29)27-12-6-5-7-17(27)3/h8-11,13-14,17-18H,5-7,12H2,1-4H3,(H,26,28). The number of hydrogen-bond acceptors (Lipinski definition) is 3. The zero-order valence-electron chi connectivity index (χ0n) is 18.0. The number of carbonyl (C=O) groups excluding carboxylic acids is 2. The molecule has 3 rings (SSSR count). The van der Waals surface area contributed by atoms with Crippen LogP contribution < -0.4 is 10.1 Å². The van der Waals surface area contributed by atoms with Gasteiger partial charge >= 0.3 is 0 Å². The number of amides is 2. The predicted molar refractivity (Wildman–Crippen MR) is 123 cm³/mol. The topological polar surface area (TPSA) is 58.6 Å². The van der Waals surface area contributed by atoms with E-state index in [1.807, 2.05) is 43.0 Å². The van der Waals surface area contributed by atoms with Crippen LogP contribution in [0.3, 0.4) is 0 Å². The van der Waals surface area contributed by atoms with E-state index in [1.165, 1.54) is 6.42 Å². The van der Waals surface area contributed by atoms with Gasteiger partial charge in [-0.2, -0.15) is 0 Å². The first-order valence-corrected chi connectivity index (χ1v) is 11.2. The molecule has 0 aliphatic carbocycles. The molecule has 2 aromatic rings. The monoisotopic (exact) mass is 472 g/mol. The molecule has 1 heterocycles. The van der Waals surface area contributed by atoms with Crippen molar-refractivity contribution < 1.29 is 14.3 Å². The number of aryl methyl sites for hydroxylation is 2.